The van der Waals surface area contributed by atoms with Crippen molar-refractivity contribution in [3.8, 4) is 0 Å². The van der Waals surface area contributed by atoms with E-state index in [9.17, 15) is 120 Å². The van der Waals surface area contributed by atoms with Crippen LogP contribution >= 0.6 is 12.0 Å². The Morgan fingerprint density at radius 2 is 0.865 bits per heavy atom. The first kappa shape index (κ1) is 52.6. The topological polar surface area (TPSA) is 94.1 Å². The van der Waals surface area contributed by atoms with Crippen LogP contribution < -0.4 is 34.8 Å². The second-order valence-corrected chi connectivity index (χ2v) is 10.00. The minimum Gasteiger partial charge on any atom is -0.691 e. The summed E-state index contributed by atoms with van der Waals surface area (Å²) in [4.78, 5) is 23.7. The monoisotopic (exact) mass is 862 g/mol. The van der Waals surface area contributed by atoms with Gasteiger partial charge in [0.2, 0.25) is 0 Å². The van der Waals surface area contributed by atoms with Gasteiger partial charge in [0.25, 0.3) is 0 Å². The third-order valence-corrected chi connectivity index (χ3v) is 6.47. The summed E-state index contributed by atoms with van der Waals surface area (Å²) in [6, 6.07) is 0. The van der Waals surface area contributed by atoms with Crippen molar-refractivity contribution in [3.63, 3.8) is 0 Å². The average Bonchev–Trinajstić information content (AvgIpc) is 2.97. The summed E-state index contributed by atoms with van der Waals surface area (Å²) in [5.74, 6) is -86.7. The van der Waals surface area contributed by atoms with Gasteiger partial charge in [-0.1, -0.05) is 0 Å². The first-order valence-corrected chi connectivity index (χ1v) is 12.5. The molecule has 0 aliphatic heterocycles. The fraction of sp³-hybridized carbons (Fsp3) is 0.895. The van der Waals surface area contributed by atoms with Crippen molar-refractivity contribution in [2.24, 2.45) is 5.92 Å². The van der Waals surface area contributed by atoms with Crippen LogP contribution in [0.4, 0.5) is 105 Å². The molecule has 0 bridgehead atoms. The van der Waals surface area contributed by atoms with Crippen molar-refractivity contribution < 1.29 is 169 Å². The predicted molar refractivity (Wildman–Crippen MR) is 106 cm³/mol. The zero-order valence-corrected chi connectivity index (χ0v) is 26.7. The van der Waals surface area contributed by atoms with E-state index in [0.717, 1.165) is 0 Å². The molecule has 1 atom stereocenters. The van der Waals surface area contributed by atoms with Gasteiger partial charge in [0.15, 0.2) is 13.2 Å². The van der Waals surface area contributed by atoms with Gasteiger partial charge in [-0.3, -0.25) is 14.6 Å². The van der Waals surface area contributed by atoms with Gasteiger partial charge in [0.05, 0.1) is 12.3 Å². The molecule has 0 rings (SSSR count). The van der Waals surface area contributed by atoms with Crippen LogP contribution in [-0.4, -0.2) is 103 Å². The molecular weight excluding hydrogens is 851 g/mol. The quantitative estimate of drug-likeness (QED) is 0.0328. The third kappa shape index (κ3) is 9.46. The molecule has 7 nitrogen and oxygen atoms in total. The molecule has 0 radical (unpaired) electrons. The predicted octanol–water partition coefficient (Wildman–Crippen LogP) is 3.84. The van der Waals surface area contributed by atoms with Gasteiger partial charge in [0, 0.05) is 17.8 Å². The van der Waals surface area contributed by atoms with Crippen LogP contribution in [0.2, 0.25) is 0 Å². The van der Waals surface area contributed by atoms with E-state index in [1.165, 1.54) is 0 Å². The second-order valence-electron chi connectivity index (χ2n) is 9.29. The maximum absolute atomic E-state index is 13.9. The van der Waals surface area contributed by atoms with Gasteiger partial charge in [0.1, 0.15) is 0 Å². The van der Waals surface area contributed by atoms with Crippen molar-refractivity contribution in [2.45, 2.75) is 78.5 Å². The van der Waals surface area contributed by atoms with E-state index >= 15 is 0 Å². The fourth-order valence-corrected chi connectivity index (χ4v) is 3.29. The summed E-state index contributed by atoms with van der Waals surface area (Å²) < 4.78 is 327. The van der Waals surface area contributed by atoms with Gasteiger partial charge >= 0.3 is 114 Å². The molecule has 0 N–H and O–H groups in total. The molecule has 0 amide bonds. The molecule has 0 aliphatic carbocycles. The third-order valence-electron chi connectivity index (χ3n) is 5.78. The zero-order chi connectivity index (χ0) is 41.3. The van der Waals surface area contributed by atoms with Crippen LogP contribution in [0.5, 0.6) is 0 Å². The molecule has 0 saturated heterocycles. The molecule has 33 heteroatoms. The summed E-state index contributed by atoms with van der Waals surface area (Å²) in [6.45, 7) is -7.28. The zero-order valence-electron chi connectivity index (χ0n) is 23.9. The van der Waals surface area contributed by atoms with Gasteiger partial charge < -0.3 is 14.7 Å². The number of hydrogen-bond donors (Lipinski definition) is 0. The van der Waals surface area contributed by atoms with Gasteiger partial charge in [-0.2, -0.15) is 92.1 Å². The first-order valence-electron chi connectivity index (χ1n) is 11.6. The molecule has 0 fully saturated rings. The molecule has 0 heterocycles. The Hall–Kier alpha value is -1.51. The minimum atomic E-state index is -8.13. The molecule has 0 spiro atoms. The smallest absolute Gasteiger partial charge is 0.691 e. The fourth-order valence-electron chi connectivity index (χ4n) is 2.78. The summed E-state index contributed by atoms with van der Waals surface area (Å²) in [6.07, 6.45) is -14.0. The van der Waals surface area contributed by atoms with Crippen molar-refractivity contribution >= 4 is 24.0 Å². The number of rotatable bonds is 21. The van der Waals surface area contributed by atoms with E-state index in [1.807, 2.05) is 0 Å². The summed E-state index contributed by atoms with van der Waals surface area (Å²) >= 11 is -0.613. The van der Waals surface area contributed by atoms with Crippen molar-refractivity contribution in [3.05, 3.63) is 0 Å². The van der Waals surface area contributed by atoms with E-state index in [4.69, 9.17) is 0 Å². The molecule has 0 aromatic rings. The van der Waals surface area contributed by atoms with Crippen molar-refractivity contribution in [1.29, 1.82) is 0 Å². The first-order chi connectivity index (χ1) is 22.3. The Labute approximate surface area is 295 Å². The average molecular weight is 862 g/mol. The standard InChI is InChI=1S/C19H12F24O7S.Na/c20-8(21)12(28,29)16(36,37)18(40,41)14(32,33)10(24,25)3-47-6(44)1-5(2-51-50-49-46)7(45)48-4-11(26,27)15(34,35)19(42,43)17(38,39)13(30,31)9(22)23;/h5,8-9,46H,1-4H2;/q;+1/p-1. The van der Waals surface area contributed by atoms with Gasteiger partial charge in [-0.15, -0.1) is 0 Å². The molecule has 0 aromatic heterocycles. The number of esters is 2. The Balaban J connectivity index is 0. The van der Waals surface area contributed by atoms with Crippen LogP contribution in [-0.2, 0) is 28.4 Å². The number of alkyl halides is 24. The van der Waals surface area contributed by atoms with E-state index in [2.05, 4.69) is 18.8 Å². The van der Waals surface area contributed by atoms with Crippen molar-refractivity contribution in [1.82, 2.24) is 0 Å². The molecule has 1 unspecified atom stereocenters. The molecule has 0 aliphatic rings. The maximum atomic E-state index is 13.9. The SMILES string of the molecule is O=C(CC(CSOO[O-])C(=O)OCC(F)(F)C(F)(F)C(F)(F)C(F)(F)C(F)(F)C(F)F)OCC(F)(F)C(F)(F)C(F)(F)C(F)(F)C(F)(F)C(F)F.[Na+]. The number of ether oxygens (including phenoxy) is 2. The van der Waals surface area contributed by atoms with E-state index in [-0.39, 0.29) is 29.6 Å². The molecule has 52 heavy (non-hydrogen) atoms. The molecule has 0 aromatic carbocycles. The van der Waals surface area contributed by atoms with Crippen LogP contribution in [0, 0.1) is 5.92 Å². The Morgan fingerprint density at radius 3 is 1.17 bits per heavy atom. The summed E-state index contributed by atoms with van der Waals surface area (Å²) in [5.41, 5.74) is 0. The minimum absolute atomic E-state index is 0. The Kier molecular flexibility index (Phi) is 17.3. The maximum Gasteiger partial charge on any atom is 1.00 e. The summed E-state index contributed by atoms with van der Waals surface area (Å²) in [5, 5.41) is 12.4. The number of halogens is 24. The van der Waals surface area contributed by atoms with E-state index < -0.39 is 127 Å². The number of carbonyl (C=O) groups is 2. The number of carbonyl (C=O) groups excluding carboxylic acids is 2. The number of hydrogen-bond acceptors (Lipinski definition) is 8. The van der Waals surface area contributed by atoms with Gasteiger partial charge in [-0.05, 0) is 0 Å². The van der Waals surface area contributed by atoms with Crippen LogP contribution in [0.1, 0.15) is 6.42 Å². The van der Waals surface area contributed by atoms with Crippen molar-refractivity contribution in [2.75, 3.05) is 19.0 Å². The van der Waals surface area contributed by atoms with E-state index in [0.29, 0.717) is 0 Å². The van der Waals surface area contributed by atoms with Crippen LogP contribution in [0.25, 0.3) is 0 Å². The summed E-state index contributed by atoms with van der Waals surface area (Å²) in [7, 11) is 0. The largest absolute Gasteiger partial charge is 1.00 e. The van der Waals surface area contributed by atoms with Crippen LogP contribution in [0.3, 0.4) is 0 Å². The normalized spacial score (nSPS) is 15.4. The second kappa shape index (κ2) is 17.1. The Morgan fingerprint density at radius 1 is 0.538 bits per heavy atom. The van der Waals surface area contributed by atoms with Crippen LogP contribution in [0.15, 0.2) is 0 Å². The molecule has 0 saturated carbocycles. The Bertz CT molecular complexity index is 1200. The molecule has 304 valence electrons. The van der Waals surface area contributed by atoms with E-state index in [1.54, 1.807) is 0 Å². The van der Waals surface area contributed by atoms with Gasteiger partial charge in [-0.25, -0.2) is 17.6 Å². The molecular formula is C19H11F24NaO7S.